The topological polar surface area (TPSA) is 74.8 Å². The Balaban J connectivity index is 1.32. The molecule has 1 N–H and O–H groups in total. The molecule has 0 unspecified atom stereocenters. The summed E-state index contributed by atoms with van der Waals surface area (Å²) in [6.45, 7) is 3.59. The second kappa shape index (κ2) is 6.18. The van der Waals surface area contributed by atoms with Gasteiger partial charge in [0.25, 0.3) is 0 Å². The molecular formula is C20H25N5O. The summed E-state index contributed by atoms with van der Waals surface area (Å²) < 4.78 is 0. The lowest BCUT2D eigenvalue weighted by Gasteiger charge is -2.16. The molecule has 0 aromatic carbocycles. The minimum absolute atomic E-state index is 0.205. The zero-order chi connectivity index (χ0) is 17.7. The highest BCUT2D eigenvalue weighted by molar-refractivity contribution is 5.79. The van der Waals surface area contributed by atoms with Gasteiger partial charge in [-0.25, -0.2) is 4.98 Å². The van der Waals surface area contributed by atoms with Gasteiger partial charge in [-0.1, -0.05) is 6.07 Å². The van der Waals surface area contributed by atoms with E-state index in [1.165, 1.54) is 25.7 Å². The molecule has 2 aliphatic carbocycles. The van der Waals surface area contributed by atoms with Gasteiger partial charge in [0.15, 0.2) is 5.82 Å². The molecule has 6 heteroatoms. The number of nitrogens with zero attached hydrogens (tertiary/aromatic N) is 4. The minimum Gasteiger partial charge on any atom is -0.341 e. The van der Waals surface area contributed by atoms with E-state index in [4.69, 9.17) is 4.98 Å². The Kier molecular flexibility index (Phi) is 3.80. The van der Waals surface area contributed by atoms with Crippen molar-refractivity contribution in [2.45, 2.75) is 50.9 Å². The number of hydrogen-bond donors (Lipinski definition) is 1. The molecule has 1 amide bonds. The fourth-order valence-corrected chi connectivity index (χ4v) is 4.28. The third-order valence-electron chi connectivity index (χ3n) is 6.22. The Hall–Kier alpha value is -2.24. The number of hydrogen-bond acceptors (Lipinski definition) is 4. The van der Waals surface area contributed by atoms with E-state index in [9.17, 15) is 4.79 Å². The summed E-state index contributed by atoms with van der Waals surface area (Å²) in [5.74, 6) is 4.31. The molecule has 2 atom stereocenters. The highest BCUT2D eigenvalue weighted by Crippen LogP contribution is 2.47. The summed E-state index contributed by atoms with van der Waals surface area (Å²) in [4.78, 5) is 24.0. The Bertz CT molecular complexity index is 823. The average molecular weight is 351 g/mol. The molecule has 26 heavy (non-hydrogen) atoms. The van der Waals surface area contributed by atoms with Gasteiger partial charge in [0, 0.05) is 36.8 Å². The van der Waals surface area contributed by atoms with E-state index < -0.39 is 0 Å². The summed E-state index contributed by atoms with van der Waals surface area (Å²) >= 11 is 0. The van der Waals surface area contributed by atoms with Crippen molar-refractivity contribution in [2.24, 2.45) is 11.8 Å². The summed E-state index contributed by atoms with van der Waals surface area (Å²) in [6, 6.07) is 3.91. The molecule has 0 bridgehead atoms. The molecule has 5 rings (SSSR count). The zero-order valence-electron chi connectivity index (χ0n) is 15.2. The van der Waals surface area contributed by atoms with Crippen molar-refractivity contribution in [1.82, 2.24) is 25.1 Å². The molecule has 1 aliphatic heterocycles. The number of rotatable bonds is 5. The third-order valence-corrected chi connectivity index (χ3v) is 6.22. The number of nitrogens with one attached hydrogen (secondary N) is 1. The van der Waals surface area contributed by atoms with Gasteiger partial charge in [0.2, 0.25) is 5.91 Å². The van der Waals surface area contributed by atoms with E-state index in [2.05, 4.69) is 15.2 Å². The van der Waals surface area contributed by atoms with Crippen LogP contribution in [-0.4, -0.2) is 44.1 Å². The number of aromatic nitrogens is 4. The predicted octanol–water partition coefficient (Wildman–Crippen LogP) is 2.58. The predicted molar refractivity (Wildman–Crippen MR) is 96.6 cm³/mol. The van der Waals surface area contributed by atoms with Crippen molar-refractivity contribution in [3.05, 3.63) is 41.2 Å². The number of amides is 1. The van der Waals surface area contributed by atoms with Crippen LogP contribution in [0.1, 0.15) is 60.4 Å². The molecular weight excluding hydrogens is 326 g/mol. The van der Waals surface area contributed by atoms with E-state index >= 15 is 0 Å². The van der Waals surface area contributed by atoms with E-state index in [1.807, 2.05) is 24.0 Å². The lowest BCUT2D eigenvalue weighted by atomic mass is 9.91. The summed E-state index contributed by atoms with van der Waals surface area (Å²) in [7, 11) is 0. The Morgan fingerprint density at radius 2 is 2.12 bits per heavy atom. The molecule has 2 saturated carbocycles. The number of aryl methyl sites for hydroxylation is 1. The number of carbonyl (C=O) groups excluding carboxylic acids is 1. The van der Waals surface area contributed by atoms with E-state index in [-0.39, 0.29) is 5.91 Å². The van der Waals surface area contributed by atoms with Crippen molar-refractivity contribution >= 4 is 5.91 Å². The second-order valence-electron chi connectivity index (χ2n) is 8.18. The van der Waals surface area contributed by atoms with Crippen molar-refractivity contribution < 1.29 is 4.79 Å². The van der Waals surface area contributed by atoms with E-state index in [1.54, 1.807) is 6.20 Å². The molecule has 1 saturated heterocycles. The number of carbonyl (C=O) groups is 1. The molecule has 3 aliphatic rings. The van der Waals surface area contributed by atoms with Crippen molar-refractivity contribution in [1.29, 1.82) is 0 Å². The highest BCUT2D eigenvalue weighted by atomic mass is 16.2. The smallest absolute Gasteiger partial charge is 0.227 e. The normalized spacial score (nSPS) is 25.7. The minimum atomic E-state index is 0.205. The lowest BCUT2D eigenvalue weighted by molar-refractivity contribution is -0.129. The van der Waals surface area contributed by atoms with Crippen LogP contribution in [0.15, 0.2) is 18.3 Å². The lowest BCUT2D eigenvalue weighted by Crippen LogP contribution is -2.30. The van der Waals surface area contributed by atoms with Crippen LogP contribution in [0, 0.1) is 18.8 Å². The Morgan fingerprint density at radius 1 is 1.27 bits per heavy atom. The molecule has 3 fully saturated rings. The summed E-state index contributed by atoms with van der Waals surface area (Å²) in [5, 5.41) is 7.63. The summed E-state index contributed by atoms with van der Waals surface area (Å²) in [6.07, 6.45) is 7.21. The number of H-pyrrole nitrogens is 1. The molecule has 2 aromatic rings. The quantitative estimate of drug-likeness (QED) is 0.898. The Labute approximate surface area is 153 Å². The molecule has 2 aromatic heterocycles. The molecule has 0 spiro atoms. The van der Waals surface area contributed by atoms with E-state index in [0.29, 0.717) is 24.2 Å². The van der Waals surface area contributed by atoms with Gasteiger partial charge in [-0.3, -0.25) is 14.9 Å². The summed E-state index contributed by atoms with van der Waals surface area (Å²) in [5.41, 5.74) is 1.97. The van der Waals surface area contributed by atoms with Crippen LogP contribution >= 0.6 is 0 Å². The monoisotopic (exact) mass is 351 g/mol. The van der Waals surface area contributed by atoms with Crippen LogP contribution in [-0.2, 0) is 11.2 Å². The van der Waals surface area contributed by atoms with Crippen molar-refractivity contribution in [3.8, 4) is 0 Å². The molecule has 0 radical (unpaired) electrons. The molecule has 6 nitrogen and oxygen atoms in total. The van der Waals surface area contributed by atoms with Crippen LogP contribution in [0.25, 0.3) is 0 Å². The first-order valence-corrected chi connectivity index (χ1v) is 9.79. The van der Waals surface area contributed by atoms with Gasteiger partial charge in [-0.15, -0.1) is 0 Å². The SMILES string of the molecule is Cc1ncccc1CC(=O)N1C[C@H](c2nc(C3CC3)n[nH]2)[C@@H](C2CC2)C1. The van der Waals surface area contributed by atoms with Gasteiger partial charge in [0.1, 0.15) is 5.82 Å². The van der Waals surface area contributed by atoms with Crippen LogP contribution in [0.2, 0.25) is 0 Å². The fourth-order valence-electron chi connectivity index (χ4n) is 4.28. The maximum atomic E-state index is 12.9. The third kappa shape index (κ3) is 3.02. The van der Waals surface area contributed by atoms with Crippen LogP contribution in [0.5, 0.6) is 0 Å². The first kappa shape index (κ1) is 16.0. The van der Waals surface area contributed by atoms with Crippen LogP contribution in [0.4, 0.5) is 0 Å². The van der Waals surface area contributed by atoms with E-state index in [0.717, 1.165) is 41.9 Å². The number of aromatic amines is 1. The molecule has 3 heterocycles. The van der Waals surface area contributed by atoms with Gasteiger partial charge in [-0.2, -0.15) is 5.10 Å². The molecule has 136 valence electrons. The standard InChI is InChI=1S/C20H25N5O/c1-12-15(3-2-8-21-12)9-18(26)25-10-16(13-4-5-13)17(11-25)20-22-19(23-24-20)14-6-7-14/h2-3,8,13-14,16-17H,4-7,9-11H2,1H3,(H,22,23,24)/t16-,17+/m1/s1. The van der Waals surface area contributed by atoms with Gasteiger partial charge in [0.05, 0.1) is 6.42 Å². The maximum Gasteiger partial charge on any atom is 0.227 e. The van der Waals surface area contributed by atoms with Gasteiger partial charge in [-0.05, 0) is 56.1 Å². The van der Waals surface area contributed by atoms with Crippen LogP contribution in [0.3, 0.4) is 0 Å². The van der Waals surface area contributed by atoms with Crippen molar-refractivity contribution in [3.63, 3.8) is 0 Å². The van der Waals surface area contributed by atoms with Crippen molar-refractivity contribution in [2.75, 3.05) is 13.1 Å². The first-order valence-electron chi connectivity index (χ1n) is 9.79. The zero-order valence-corrected chi connectivity index (χ0v) is 15.2. The largest absolute Gasteiger partial charge is 0.341 e. The number of pyridine rings is 1. The van der Waals surface area contributed by atoms with Gasteiger partial charge >= 0.3 is 0 Å². The highest BCUT2D eigenvalue weighted by Gasteiger charge is 2.45. The first-order chi connectivity index (χ1) is 12.7. The van der Waals surface area contributed by atoms with Gasteiger partial charge < -0.3 is 4.90 Å². The Morgan fingerprint density at radius 3 is 2.85 bits per heavy atom. The average Bonchev–Trinajstić information content (AvgIpc) is 3.57. The maximum absolute atomic E-state index is 12.9. The second-order valence-corrected chi connectivity index (χ2v) is 8.18. The number of likely N-dealkylation sites (tertiary alicyclic amines) is 1. The fraction of sp³-hybridized carbons (Fsp3) is 0.600. The van der Waals surface area contributed by atoms with Crippen LogP contribution < -0.4 is 0 Å².